The van der Waals surface area contributed by atoms with Gasteiger partial charge < -0.3 is 20.4 Å². The molecule has 0 radical (unpaired) electrons. The van der Waals surface area contributed by atoms with Crippen LogP contribution in [0.2, 0.25) is 5.02 Å². The first kappa shape index (κ1) is 12.8. The average Bonchev–Trinajstić information content (AvgIpc) is 2.20. The van der Waals surface area contributed by atoms with Crippen LogP contribution in [0.25, 0.3) is 0 Å². The van der Waals surface area contributed by atoms with E-state index in [2.05, 4.69) is 0 Å². The van der Waals surface area contributed by atoms with Crippen LogP contribution in [0.15, 0.2) is 18.2 Å². The summed E-state index contributed by atoms with van der Waals surface area (Å²) < 4.78 is 0. The molecular formula is C10H11ClO5. The second-order valence-corrected chi connectivity index (χ2v) is 3.73. The van der Waals surface area contributed by atoms with Gasteiger partial charge in [0.1, 0.15) is 11.9 Å². The highest BCUT2D eigenvalue weighted by Crippen LogP contribution is 2.28. The molecule has 0 spiro atoms. The second kappa shape index (κ2) is 5.16. The van der Waals surface area contributed by atoms with Crippen molar-refractivity contribution in [1.29, 1.82) is 0 Å². The van der Waals surface area contributed by atoms with Crippen LogP contribution in [0.1, 0.15) is 18.1 Å². The summed E-state index contributed by atoms with van der Waals surface area (Å²) in [4.78, 5) is 10.3. The van der Waals surface area contributed by atoms with Crippen molar-refractivity contribution in [2.45, 2.75) is 18.6 Å². The number of carbonyl (C=O) groups is 1. The smallest absolute Gasteiger partial charge is 0.306 e. The third-order valence-electron chi connectivity index (χ3n) is 2.06. The number of hydrogen-bond donors (Lipinski definition) is 4. The molecule has 5 nitrogen and oxygen atoms in total. The Labute approximate surface area is 96.5 Å². The molecule has 0 aliphatic heterocycles. The first-order valence-corrected chi connectivity index (χ1v) is 4.86. The molecule has 0 bridgehead atoms. The topological polar surface area (TPSA) is 98.0 Å². The molecule has 0 amide bonds. The van der Waals surface area contributed by atoms with Gasteiger partial charge in [-0.25, -0.2) is 0 Å². The van der Waals surface area contributed by atoms with Crippen molar-refractivity contribution < 1.29 is 25.2 Å². The van der Waals surface area contributed by atoms with Crippen molar-refractivity contribution in [3.63, 3.8) is 0 Å². The maximum atomic E-state index is 10.3. The van der Waals surface area contributed by atoms with Crippen LogP contribution in [-0.2, 0) is 4.79 Å². The lowest BCUT2D eigenvalue weighted by atomic mass is 10.0. The van der Waals surface area contributed by atoms with Gasteiger partial charge in [0.05, 0.1) is 17.5 Å². The van der Waals surface area contributed by atoms with Crippen molar-refractivity contribution in [3.8, 4) is 5.75 Å². The molecule has 0 heterocycles. The lowest BCUT2D eigenvalue weighted by molar-refractivity contribution is -0.141. The van der Waals surface area contributed by atoms with Crippen LogP contribution in [-0.4, -0.2) is 32.5 Å². The Bertz CT molecular complexity index is 393. The molecule has 1 aromatic rings. The zero-order valence-corrected chi connectivity index (χ0v) is 8.92. The van der Waals surface area contributed by atoms with Gasteiger partial charge in [-0.3, -0.25) is 4.79 Å². The molecule has 6 heteroatoms. The van der Waals surface area contributed by atoms with E-state index < -0.39 is 24.6 Å². The number of aliphatic hydroxyl groups is 2. The number of phenols is 1. The fourth-order valence-electron chi connectivity index (χ4n) is 1.22. The molecule has 88 valence electrons. The third kappa shape index (κ3) is 3.10. The highest BCUT2D eigenvalue weighted by molar-refractivity contribution is 6.32. The van der Waals surface area contributed by atoms with Gasteiger partial charge >= 0.3 is 5.97 Å². The predicted molar refractivity (Wildman–Crippen MR) is 56.3 cm³/mol. The summed E-state index contributed by atoms with van der Waals surface area (Å²) in [6.07, 6.45) is -3.34. The zero-order valence-electron chi connectivity index (χ0n) is 8.17. The minimum Gasteiger partial charge on any atom is -0.506 e. The average molecular weight is 247 g/mol. The predicted octanol–water partition coefficient (Wildman–Crippen LogP) is 0.915. The number of carboxylic acids is 1. The number of benzene rings is 1. The molecule has 0 saturated carbocycles. The van der Waals surface area contributed by atoms with E-state index in [9.17, 15) is 15.0 Å². The number of rotatable bonds is 4. The number of carboxylic acid groups (broad SMARTS) is 1. The minimum absolute atomic E-state index is 0.0269. The number of aliphatic hydroxyl groups excluding tert-OH is 2. The van der Waals surface area contributed by atoms with Crippen molar-refractivity contribution in [3.05, 3.63) is 28.8 Å². The van der Waals surface area contributed by atoms with Crippen LogP contribution >= 0.6 is 11.6 Å². The Kier molecular flexibility index (Phi) is 4.12. The fraction of sp³-hybridized carbons (Fsp3) is 0.300. The van der Waals surface area contributed by atoms with Crippen LogP contribution in [0.5, 0.6) is 5.75 Å². The standard InChI is InChI=1S/C10H11ClO5/c11-6-3-5(1-2-7(6)12)10(16)8(13)4-9(14)15/h1-3,8,10,12-13,16H,4H2,(H,14,15). The lowest BCUT2D eigenvalue weighted by Crippen LogP contribution is -2.21. The van der Waals surface area contributed by atoms with Crippen molar-refractivity contribution in [2.75, 3.05) is 0 Å². The molecule has 0 aliphatic rings. The van der Waals surface area contributed by atoms with E-state index in [1.807, 2.05) is 0 Å². The van der Waals surface area contributed by atoms with Crippen LogP contribution in [0, 0.1) is 0 Å². The van der Waals surface area contributed by atoms with Gasteiger partial charge in [-0.15, -0.1) is 0 Å². The van der Waals surface area contributed by atoms with Gasteiger partial charge in [0, 0.05) is 0 Å². The van der Waals surface area contributed by atoms with Gasteiger partial charge in [0.15, 0.2) is 0 Å². The normalized spacial score (nSPS) is 14.4. The maximum absolute atomic E-state index is 10.3. The van der Waals surface area contributed by atoms with E-state index in [-0.39, 0.29) is 16.3 Å². The number of halogens is 1. The Morgan fingerprint density at radius 3 is 2.50 bits per heavy atom. The number of phenolic OH excluding ortho intramolecular Hbond substituents is 1. The van der Waals surface area contributed by atoms with Crippen LogP contribution < -0.4 is 0 Å². The maximum Gasteiger partial charge on any atom is 0.306 e. The summed E-state index contributed by atoms with van der Waals surface area (Å²) in [5.41, 5.74) is 0.247. The van der Waals surface area contributed by atoms with Gasteiger partial charge in [-0.1, -0.05) is 17.7 Å². The van der Waals surface area contributed by atoms with E-state index >= 15 is 0 Å². The van der Waals surface area contributed by atoms with E-state index in [0.717, 1.165) is 0 Å². The van der Waals surface area contributed by atoms with E-state index in [1.54, 1.807) is 0 Å². The first-order valence-electron chi connectivity index (χ1n) is 4.48. The lowest BCUT2D eigenvalue weighted by Gasteiger charge is -2.16. The Morgan fingerprint density at radius 2 is 2.00 bits per heavy atom. The number of aromatic hydroxyl groups is 1. The molecule has 0 aliphatic carbocycles. The highest BCUT2D eigenvalue weighted by Gasteiger charge is 2.21. The van der Waals surface area contributed by atoms with E-state index in [1.165, 1.54) is 18.2 Å². The molecule has 16 heavy (non-hydrogen) atoms. The van der Waals surface area contributed by atoms with Gasteiger partial charge in [-0.2, -0.15) is 0 Å². The highest BCUT2D eigenvalue weighted by atomic mass is 35.5. The summed E-state index contributed by atoms with van der Waals surface area (Å²) >= 11 is 5.61. The van der Waals surface area contributed by atoms with Gasteiger partial charge in [0.25, 0.3) is 0 Å². The molecule has 2 atom stereocenters. The number of hydrogen-bond acceptors (Lipinski definition) is 4. The van der Waals surface area contributed by atoms with Crippen LogP contribution in [0.4, 0.5) is 0 Å². The molecule has 0 fully saturated rings. The van der Waals surface area contributed by atoms with Crippen LogP contribution in [0.3, 0.4) is 0 Å². The van der Waals surface area contributed by atoms with Gasteiger partial charge in [-0.05, 0) is 17.7 Å². The zero-order chi connectivity index (χ0) is 12.3. The summed E-state index contributed by atoms with van der Waals surface area (Å²) in [6, 6.07) is 3.89. The molecule has 4 N–H and O–H groups in total. The Hall–Kier alpha value is -1.30. The molecule has 2 unspecified atom stereocenters. The molecule has 0 aromatic heterocycles. The monoisotopic (exact) mass is 246 g/mol. The molecule has 0 saturated heterocycles. The summed E-state index contributed by atoms with van der Waals surface area (Å²) in [5.74, 6) is -1.36. The quantitative estimate of drug-likeness (QED) is 0.633. The summed E-state index contributed by atoms with van der Waals surface area (Å²) in [5, 5.41) is 36.6. The second-order valence-electron chi connectivity index (χ2n) is 3.32. The number of aliphatic carboxylic acids is 1. The van der Waals surface area contributed by atoms with E-state index in [0.29, 0.717) is 0 Å². The van der Waals surface area contributed by atoms with Crippen molar-refractivity contribution >= 4 is 17.6 Å². The minimum atomic E-state index is -1.42. The molecule has 1 aromatic carbocycles. The van der Waals surface area contributed by atoms with Crippen molar-refractivity contribution in [1.82, 2.24) is 0 Å². The SMILES string of the molecule is O=C(O)CC(O)C(O)c1ccc(O)c(Cl)c1. The molecular weight excluding hydrogens is 236 g/mol. The largest absolute Gasteiger partial charge is 0.506 e. The summed E-state index contributed by atoms with van der Waals surface area (Å²) in [6.45, 7) is 0. The van der Waals surface area contributed by atoms with Crippen molar-refractivity contribution in [2.24, 2.45) is 0 Å². The third-order valence-corrected chi connectivity index (χ3v) is 2.36. The van der Waals surface area contributed by atoms with E-state index in [4.69, 9.17) is 21.8 Å². The van der Waals surface area contributed by atoms with Gasteiger partial charge in [0.2, 0.25) is 0 Å². The molecule has 1 rings (SSSR count). The fourth-order valence-corrected chi connectivity index (χ4v) is 1.41. The summed E-state index contributed by atoms with van der Waals surface area (Å²) in [7, 11) is 0. The Balaban J connectivity index is 2.83. The Morgan fingerprint density at radius 1 is 1.38 bits per heavy atom. The first-order chi connectivity index (χ1) is 7.41.